The minimum absolute atomic E-state index is 0.219. The molecule has 1 amide bonds. The SMILES string of the molecule is CCOC(=O)c1sc(NC(=O)c2cc(-c3ccc(OC)cc3)nc3ccccc23)c(C#N)c1C. The second kappa shape index (κ2) is 9.73. The number of esters is 1. The topological polar surface area (TPSA) is 101 Å². The molecule has 0 unspecified atom stereocenters. The number of benzene rings is 2. The van der Waals surface area contributed by atoms with E-state index < -0.39 is 11.9 Å². The number of aromatic nitrogens is 1. The Kier molecular flexibility index (Phi) is 6.57. The molecule has 170 valence electrons. The molecule has 0 aliphatic heterocycles. The van der Waals surface area contributed by atoms with Gasteiger partial charge in [0, 0.05) is 10.9 Å². The number of hydrogen-bond acceptors (Lipinski definition) is 7. The molecule has 2 aromatic heterocycles. The van der Waals surface area contributed by atoms with Crippen LogP contribution in [0.2, 0.25) is 0 Å². The molecule has 0 bridgehead atoms. The van der Waals surface area contributed by atoms with Crippen LogP contribution < -0.4 is 10.1 Å². The maximum absolute atomic E-state index is 13.4. The Balaban J connectivity index is 1.76. The van der Waals surface area contributed by atoms with Gasteiger partial charge in [-0.3, -0.25) is 4.79 Å². The van der Waals surface area contributed by atoms with Crippen LogP contribution in [-0.4, -0.2) is 30.6 Å². The Morgan fingerprint density at radius 3 is 2.56 bits per heavy atom. The number of rotatable bonds is 6. The van der Waals surface area contributed by atoms with Gasteiger partial charge in [-0.2, -0.15) is 5.26 Å². The molecule has 0 aliphatic carbocycles. The maximum Gasteiger partial charge on any atom is 0.348 e. The number of nitriles is 1. The number of nitrogens with zero attached hydrogens (tertiary/aromatic N) is 2. The average Bonchev–Trinajstić information content (AvgIpc) is 3.18. The normalized spacial score (nSPS) is 10.5. The van der Waals surface area contributed by atoms with Gasteiger partial charge in [-0.1, -0.05) is 18.2 Å². The highest BCUT2D eigenvalue weighted by atomic mass is 32.1. The molecule has 2 aromatic carbocycles. The zero-order valence-electron chi connectivity index (χ0n) is 18.8. The average molecular weight is 472 g/mol. The second-order valence-electron chi connectivity index (χ2n) is 7.35. The summed E-state index contributed by atoms with van der Waals surface area (Å²) in [5.74, 6) is -0.198. The van der Waals surface area contributed by atoms with Crippen LogP contribution in [-0.2, 0) is 4.74 Å². The number of thiophene rings is 1. The highest BCUT2D eigenvalue weighted by molar-refractivity contribution is 7.18. The van der Waals surface area contributed by atoms with Crippen molar-refractivity contribution in [3.63, 3.8) is 0 Å². The third kappa shape index (κ3) is 4.34. The number of fused-ring (bicyclic) bond motifs is 1. The summed E-state index contributed by atoms with van der Waals surface area (Å²) in [6.45, 7) is 3.60. The highest BCUT2D eigenvalue weighted by Crippen LogP contribution is 2.34. The van der Waals surface area contributed by atoms with E-state index in [1.165, 1.54) is 0 Å². The molecule has 1 N–H and O–H groups in total. The largest absolute Gasteiger partial charge is 0.497 e. The minimum Gasteiger partial charge on any atom is -0.497 e. The molecular formula is C26H21N3O4S. The van der Waals surface area contributed by atoms with Crippen LogP contribution in [0.25, 0.3) is 22.2 Å². The third-order valence-corrected chi connectivity index (χ3v) is 6.48. The van der Waals surface area contributed by atoms with Crippen LogP contribution in [0.5, 0.6) is 5.75 Å². The van der Waals surface area contributed by atoms with Crippen molar-refractivity contribution in [1.82, 2.24) is 4.98 Å². The Labute approximate surface area is 200 Å². The lowest BCUT2D eigenvalue weighted by Gasteiger charge is -2.10. The van der Waals surface area contributed by atoms with E-state index in [0.29, 0.717) is 37.6 Å². The number of carbonyl (C=O) groups excluding carboxylic acids is 2. The summed E-state index contributed by atoms with van der Waals surface area (Å²) in [5, 5.41) is 13.5. The summed E-state index contributed by atoms with van der Waals surface area (Å²) in [7, 11) is 1.60. The van der Waals surface area contributed by atoms with Gasteiger partial charge >= 0.3 is 5.97 Å². The summed E-state index contributed by atoms with van der Waals surface area (Å²) in [6, 6.07) is 18.6. The van der Waals surface area contributed by atoms with Gasteiger partial charge < -0.3 is 14.8 Å². The lowest BCUT2D eigenvalue weighted by atomic mass is 10.0. The fourth-order valence-corrected chi connectivity index (χ4v) is 4.62. The molecule has 0 saturated heterocycles. The van der Waals surface area contributed by atoms with Crippen LogP contribution in [0.1, 0.15) is 38.1 Å². The molecule has 2 heterocycles. The van der Waals surface area contributed by atoms with E-state index >= 15 is 0 Å². The first-order valence-electron chi connectivity index (χ1n) is 10.5. The monoisotopic (exact) mass is 471 g/mol. The van der Waals surface area contributed by atoms with Gasteiger partial charge in [0.15, 0.2) is 0 Å². The van der Waals surface area contributed by atoms with Gasteiger partial charge in [0.05, 0.1) is 36.1 Å². The van der Waals surface area contributed by atoms with Crippen LogP contribution in [0, 0.1) is 18.3 Å². The third-order valence-electron chi connectivity index (χ3n) is 5.29. The van der Waals surface area contributed by atoms with Crippen LogP contribution in [0.3, 0.4) is 0 Å². The van der Waals surface area contributed by atoms with E-state index in [1.807, 2.05) is 48.5 Å². The fraction of sp³-hybridized carbons (Fsp3) is 0.154. The van der Waals surface area contributed by atoms with E-state index in [2.05, 4.69) is 11.4 Å². The number of anilines is 1. The number of pyridine rings is 1. The van der Waals surface area contributed by atoms with Crippen LogP contribution in [0.15, 0.2) is 54.6 Å². The number of methoxy groups -OCH3 is 1. The predicted molar refractivity (Wildman–Crippen MR) is 131 cm³/mol. The smallest absolute Gasteiger partial charge is 0.348 e. The van der Waals surface area contributed by atoms with Gasteiger partial charge in [0.2, 0.25) is 0 Å². The number of hydrogen-bond donors (Lipinski definition) is 1. The number of amides is 1. The van der Waals surface area contributed by atoms with Gasteiger partial charge in [-0.15, -0.1) is 11.3 Å². The summed E-state index contributed by atoms with van der Waals surface area (Å²) in [4.78, 5) is 30.7. The Hall–Kier alpha value is -4.22. The molecule has 0 aliphatic rings. The zero-order valence-corrected chi connectivity index (χ0v) is 19.7. The van der Waals surface area contributed by atoms with E-state index in [0.717, 1.165) is 22.6 Å². The molecule has 0 spiro atoms. The molecular weight excluding hydrogens is 450 g/mol. The van der Waals surface area contributed by atoms with Crippen molar-refractivity contribution in [2.24, 2.45) is 0 Å². The standard InChI is InChI=1S/C26H21N3O4S/c1-4-33-26(31)23-15(2)20(14-27)25(34-23)29-24(30)19-13-22(16-9-11-17(32-3)12-10-16)28-21-8-6-5-7-18(19)21/h5-13H,4H2,1-3H3,(H,29,30). The molecule has 4 aromatic rings. The van der Waals surface area contributed by atoms with Crippen LogP contribution >= 0.6 is 11.3 Å². The summed E-state index contributed by atoms with van der Waals surface area (Å²) < 4.78 is 10.3. The number of para-hydroxylation sites is 1. The maximum atomic E-state index is 13.4. The van der Waals surface area contributed by atoms with Gasteiger partial charge in [-0.25, -0.2) is 9.78 Å². The van der Waals surface area contributed by atoms with E-state index in [9.17, 15) is 14.9 Å². The van der Waals surface area contributed by atoms with Crippen molar-refractivity contribution < 1.29 is 19.1 Å². The molecule has 8 heteroatoms. The van der Waals surface area contributed by atoms with Gasteiger partial charge in [-0.05, 0) is 55.8 Å². The summed E-state index contributed by atoms with van der Waals surface area (Å²) >= 11 is 1.03. The first-order valence-corrected chi connectivity index (χ1v) is 11.3. The van der Waals surface area contributed by atoms with Crippen molar-refractivity contribution in [1.29, 1.82) is 5.26 Å². The predicted octanol–water partition coefficient (Wildman–Crippen LogP) is 5.58. The Morgan fingerprint density at radius 2 is 1.88 bits per heavy atom. The van der Waals surface area contributed by atoms with E-state index in [-0.39, 0.29) is 12.2 Å². The van der Waals surface area contributed by atoms with Crippen molar-refractivity contribution in [3.8, 4) is 23.1 Å². The Morgan fingerprint density at radius 1 is 1.15 bits per heavy atom. The van der Waals surface area contributed by atoms with E-state index in [4.69, 9.17) is 14.5 Å². The minimum atomic E-state index is -0.516. The number of carbonyl (C=O) groups is 2. The molecule has 34 heavy (non-hydrogen) atoms. The molecule has 0 fully saturated rings. The summed E-state index contributed by atoms with van der Waals surface area (Å²) in [5.41, 5.74) is 3.26. The van der Waals surface area contributed by atoms with Crippen molar-refractivity contribution in [2.45, 2.75) is 13.8 Å². The van der Waals surface area contributed by atoms with Gasteiger partial charge in [0.1, 0.15) is 21.7 Å². The Bertz CT molecular complexity index is 1440. The van der Waals surface area contributed by atoms with Crippen molar-refractivity contribution >= 4 is 39.1 Å². The number of nitrogens with one attached hydrogen (secondary N) is 1. The van der Waals surface area contributed by atoms with E-state index in [1.54, 1.807) is 27.0 Å². The summed E-state index contributed by atoms with van der Waals surface area (Å²) in [6.07, 6.45) is 0. The highest BCUT2D eigenvalue weighted by Gasteiger charge is 2.23. The lowest BCUT2D eigenvalue weighted by Crippen LogP contribution is -2.13. The second-order valence-corrected chi connectivity index (χ2v) is 8.37. The molecule has 0 atom stereocenters. The zero-order chi connectivity index (χ0) is 24.2. The van der Waals surface area contributed by atoms with Crippen LogP contribution in [0.4, 0.5) is 5.00 Å². The lowest BCUT2D eigenvalue weighted by molar-refractivity contribution is 0.0531. The first kappa shape index (κ1) is 23.0. The molecule has 0 radical (unpaired) electrons. The molecule has 0 saturated carbocycles. The fourth-order valence-electron chi connectivity index (χ4n) is 3.57. The van der Waals surface area contributed by atoms with Crippen molar-refractivity contribution in [3.05, 3.63) is 76.2 Å². The quantitative estimate of drug-likeness (QED) is 0.368. The molecule has 7 nitrogen and oxygen atoms in total. The van der Waals surface area contributed by atoms with Gasteiger partial charge in [0.25, 0.3) is 5.91 Å². The van der Waals surface area contributed by atoms with Crippen molar-refractivity contribution in [2.75, 3.05) is 19.0 Å². The molecule has 4 rings (SSSR count). The number of ether oxygens (including phenoxy) is 2. The first-order chi connectivity index (χ1) is 16.5.